The van der Waals surface area contributed by atoms with Gasteiger partial charge in [-0.05, 0) is 11.8 Å². The van der Waals surface area contributed by atoms with Gasteiger partial charge in [0, 0.05) is 49.3 Å². The van der Waals surface area contributed by atoms with Crippen molar-refractivity contribution in [1.82, 2.24) is 9.97 Å². The minimum Gasteiger partial charge on any atom is -0.870 e. The zero-order chi connectivity index (χ0) is 22.6. The Morgan fingerprint density at radius 3 is 1.97 bits per heavy atom. The minimum absolute atomic E-state index is 0. The maximum atomic E-state index is 7.16. The summed E-state index contributed by atoms with van der Waals surface area (Å²) in [5.41, 5.74) is -0.160. The van der Waals surface area contributed by atoms with Gasteiger partial charge in [0.1, 0.15) is 9.75 Å². The first kappa shape index (κ1) is 34.1. The summed E-state index contributed by atoms with van der Waals surface area (Å²) in [5.74, 6) is 2.01. The monoisotopic (exact) mass is 568 g/mol. The molecule has 1 aliphatic rings. The number of aromatic nitrogens is 2. The fourth-order valence-corrected chi connectivity index (χ4v) is 4.82. The van der Waals surface area contributed by atoms with Crippen LogP contribution in [0.1, 0.15) is 60.3 Å². The molecule has 0 spiro atoms. The zero-order valence-corrected chi connectivity index (χ0v) is 25.5. The molecule has 0 aromatic carbocycles. The summed E-state index contributed by atoms with van der Waals surface area (Å²) in [6, 6.07) is 0. The van der Waals surface area contributed by atoms with Gasteiger partial charge in [-0.3, -0.25) is 0 Å². The van der Waals surface area contributed by atoms with E-state index in [4.69, 9.17) is 24.7 Å². The summed E-state index contributed by atoms with van der Waals surface area (Å²) in [5, 5.41) is 3.24. The van der Waals surface area contributed by atoms with Crippen LogP contribution >= 0.6 is 50.2 Å². The Kier molecular flexibility index (Phi) is 19.5. The van der Waals surface area contributed by atoms with Crippen molar-refractivity contribution in [3.05, 3.63) is 55.0 Å². The van der Waals surface area contributed by atoms with E-state index in [1.165, 1.54) is 9.88 Å². The van der Waals surface area contributed by atoms with E-state index in [0.717, 1.165) is 40.9 Å². The van der Waals surface area contributed by atoms with Gasteiger partial charge in [-0.15, -0.1) is 34.3 Å². The summed E-state index contributed by atoms with van der Waals surface area (Å²) in [7, 11) is 0. The molecule has 0 unspecified atom stereocenters. The van der Waals surface area contributed by atoms with Gasteiger partial charge in [0.05, 0.1) is 10.0 Å². The Balaban J connectivity index is 0. The Morgan fingerprint density at radius 2 is 1.56 bits per heavy atom. The second-order valence-electron chi connectivity index (χ2n) is 7.87. The third-order valence-corrected chi connectivity index (χ3v) is 7.28. The Morgan fingerprint density at radius 1 is 1.06 bits per heavy atom. The fourth-order valence-electron chi connectivity index (χ4n) is 2.44. The van der Waals surface area contributed by atoms with E-state index in [0.29, 0.717) is 24.3 Å². The van der Waals surface area contributed by atoms with Crippen LogP contribution in [0.5, 0.6) is 0 Å². The van der Waals surface area contributed by atoms with Gasteiger partial charge in [-0.2, -0.15) is 0 Å². The van der Waals surface area contributed by atoms with Crippen molar-refractivity contribution < 1.29 is 35.0 Å². The molecule has 2 aromatic heterocycles. The molecule has 0 saturated heterocycles. The number of hydrogen-bond acceptors (Lipinski definition) is 5. The van der Waals surface area contributed by atoms with Crippen molar-refractivity contribution in [3.8, 4) is 0 Å². The molecule has 1 saturated carbocycles. The third kappa shape index (κ3) is 13.0. The predicted molar refractivity (Wildman–Crippen MR) is 136 cm³/mol. The van der Waals surface area contributed by atoms with E-state index < -0.39 is 0 Å². The average molecular weight is 570 g/mol. The van der Waals surface area contributed by atoms with Crippen molar-refractivity contribution >= 4 is 50.2 Å². The molecule has 10 heteroatoms. The van der Waals surface area contributed by atoms with Crippen LogP contribution in [0.25, 0.3) is 9.69 Å². The number of halogens is 2. The van der Waals surface area contributed by atoms with Crippen LogP contribution in [0, 0.1) is 25.0 Å². The van der Waals surface area contributed by atoms with Gasteiger partial charge < -0.3 is 15.2 Å². The van der Waals surface area contributed by atoms with Crippen LogP contribution in [0.15, 0.2) is 12.4 Å². The Hall–Kier alpha value is -0.0300. The maximum Gasteiger partial charge on any atom is 1.00 e. The summed E-state index contributed by atoms with van der Waals surface area (Å²) >= 11 is 11.6. The first-order valence-electron chi connectivity index (χ1n) is 10.0. The topological polar surface area (TPSA) is 64.5 Å². The SMILES string of the molecule is ClCCBr.[C-]#[N+]C1(c2cnc(CC(C)C)s2)CC1.[C-]#[N+]Cc1cnc(CC(C)C)s1.[Na+].[OH-]. The minimum atomic E-state index is -0.160. The maximum absolute atomic E-state index is 7.16. The van der Waals surface area contributed by atoms with Crippen molar-refractivity contribution in [1.29, 1.82) is 0 Å². The quantitative estimate of drug-likeness (QED) is 0.281. The molecule has 0 amide bonds. The van der Waals surface area contributed by atoms with Gasteiger partial charge in [0.2, 0.25) is 6.54 Å². The molecule has 1 N–H and O–H groups in total. The zero-order valence-electron chi connectivity index (χ0n) is 19.6. The molecule has 3 rings (SSSR count). The van der Waals surface area contributed by atoms with Crippen LogP contribution in [0.4, 0.5) is 0 Å². The second-order valence-corrected chi connectivity index (χ2v) is 11.4. The fraction of sp³-hybridized carbons (Fsp3) is 0.636. The second kappa shape index (κ2) is 18.3. The molecule has 5 nitrogen and oxygen atoms in total. The average Bonchev–Trinajstić information content (AvgIpc) is 3.16. The van der Waals surface area contributed by atoms with E-state index >= 15 is 0 Å². The van der Waals surface area contributed by atoms with Gasteiger partial charge in [-0.1, -0.05) is 43.6 Å². The number of alkyl halides is 2. The van der Waals surface area contributed by atoms with Crippen molar-refractivity contribution in [3.63, 3.8) is 0 Å². The van der Waals surface area contributed by atoms with Crippen molar-refractivity contribution in [2.75, 3.05) is 11.2 Å². The van der Waals surface area contributed by atoms with Crippen LogP contribution in [-0.2, 0) is 24.9 Å². The van der Waals surface area contributed by atoms with E-state index in [-0.39, 0.29) is 40.6 Å². The smallest absolute Gasteiger partial charge is 0.870 e. The standard InChI is InChI=1S/C11H14N2S.C9H12N2S.C2H4BrCl.Na.H2O/c1-8(2)6-10-13-7-9(14-10)11(12-3)4-5-11;1-7(2)4-9-11-6-8(12-9)5-10-3;3-1-2-4;;/h7-8H,4-6H2,1-2H3;6-7H,4-5H2,1-2H3;1-2H2;;1H2/q;;;+1;/p-1. The molecular weight excluding hydrogens is 539 g/mol. The molecule has 0 bridgehead atoms. The first-order chi connectivity index (χ1) is 14.3. The summed E-state index contributed by atoms with van der Waals surface area (Å²) < 4.78 is 0. The molecule has 172 valence electrons. The molecule has 0 radical (unpaired) electrons. The molecule has 2 heterocycles. The van der Waals surface area contributed by atoms with Crippen molar-refractivity contribution in [2.45, 2.75) is 65.5 Å². The largest absolute Gasteiger partial charge is 1.00 e. The Bertz CT molecular complexity index is 840. The normalized spacial score (nSPS) is 12.7. The van der Waals surface area contributed by atoms with Gasteiger partial charge in [0.15, 0.2) is 0 Å². The predicted octanol–water partition coefficient (Wildman–Crippen LogP) is 4.46. The molecule has 1 fully saturated rings. The molecule has 1 aliphatic carbocycles. The van der Waals surface area contributed by atoms with Crippen molar-refractivity contribution in [2.24, 2.45) is 11.8 Å². The van der Waals surface area contributed by atoms with E-state index in [9.17, 15) is 0 Å². The molecular formula is C22H31BrClN4NaOS2. The number of nitrogens with zero attached hydrogens (tertiary/aromatic N) is 4. The summed E-state index contributed by atoms with van der Waals surface area (Å²) in [6.45, 7) is 23.1. The summed E-state index contributed by atoms with van der Waals surface area (Å²) in [4.78, 5) is 17.9. The number of hydrogen-bond donors (Lipinski definition) is 0. The molecule has 0 atom stereocenters. The van der Waals surface area contributed by atoms with Gasteiger partial charge in [0.25, 0.3) is 5.54 Å². The van der Waals surface area contributed by atoms with Gasteiger partial charge in [-0.25, -0.2) is 23.1 Å². The number of rotatable bonds is 7. The number of thiazole rings is 2. The van der Waals surface area contributed by atoms with Crippen LogP contribution < -0.4 is 29.6 Å². The summed E-state index contributed by atoms with van der Waals surface area (Å²) in [6.07, 6.45) is 7.86. The van der Waals surface area contributed by atoms with E-state index in [1.54, 1.807) is 22.7 Å². The van der Waals surface area contributed by atoms with Crippen LogP contribution in [0.2, 0.25) is 0 Å². The molecule has 0 aliphatic heterocycles. The van der Waals surface area contributed by atoms with E-state index in [1.807, 2.05) is 12.4 Å². The van der Waals surface area contributed by atoms with Crippen LogP contribution in [-0.4, -0.2) is 26.7 Å². The molecule has 2 aromatic rings. The third-order valence-electron chi connectivity index (χ3n) is 4.02. The van der Waals surface area contributed by atoms with Gasteiger partial charge >= 0.3 is 29.6 Å². The van der Waals surface area contributed by atoms with Crippen LogP contribution in [0.3, 0.4) is 0 Å². The van der Waals surface area contributed by atoms with E-state index in [2.05, 4.69) is 63.3 Å². The first-order valence-corrected chi connectivity index (χ1v) is 13.3. The molecule has 32 heavy (non-hydrogen) atoms. The Labute approximate surface area is 236 Å².